The Morgan fingerprint density at radius 2 is 1.52 bits per heavy atom. The van der Waals surface area contributed by atoms with Crippen LogP contribution in [-0.2, 0) is 17.8 Å². The molecule has 0 saturated heterocycles. The summed E-state index contributed by atoms with van der Waals surface area (Å²) in [5.41, 5.74) is 2.20. The van der Waals surface area contributed by atoms with E-state index in [1.165, 1.54) is 0 Å². The molecule has 0 heterocycles. The summed E-state index contributed by atoms with van der Waals surface area (Å²) in [7, 11) is 0. The first-order valence-corrected chi connectivity index (χ1v) is 9.90. The smallest absolute Gasteiger partial charge is 0.251 e. The maximum Gasteiger partial charge on any atom is 0.251 e. The van der Waals surface area contributed by atoms with Gasteiger partial charge < -0.3 is 10.6 Å². The minimum absolute atomic E-state index is 0.237. The summed E-state index contributed by atoms with van der Waals surface area (Å²) in [5.74, 6) is -0.588. The van der Waals surface area contributed by atoms with Gasteiger partial charge in [-0.15, -0.1) is 0 Å². The molecule has 0 saturated carbocycles. The molecule has 1 atom stereocenters. The zero-order valence-electron chi connectivity index (χ0n) is 15.6. The van der Waals surface area contributed by atoms with Crippen LogP contribution in [0.5, 0.6) is 0 Å². The molecule has 0 fully saturated rings. The molecular formula is C23H20Cl2N2O2. The number of rotatable bonds is 7. The Hall–Kier alpha value is -2.82. The van der Waals surface area contributed by atoms with E-state index in [4.69, 9.17) is 23.2 Å². The van der Waals surface area contributed by atoms with Crippen molar-refractivity contribution >= 4 is 35.0 Å². The second-order valence-electron chi connectivity index (χ2n) is 6.54. The zero-order valence-corrected chi connectivity index (χ0v) is 17.1. The monoisotopic (exact) mass is 426 g/mol. The minimum Gasteiger partial charge on any atom is -0.350 e. The summed E-state index contributed by atoms with van der Waals surface area (Å²) >= 11 is 12.1. The van der Waals surface area contributed by atoms with Crippen LogP contribution in [0, 0.1) is 0 Å². The first-order valence-electron chi connectivity index (χ1n) is 9.14. The van der Waals surface area contributed by atoms with E-state index < -0.39 is 6.04 Å². The fourth-order valence-corrected chi connectivity index (χ4v) is 3.34. The van der Waals surface area contributed by atoms with Gasteiger partial charge in [0, 0.05) is 28.6 Å². The molecule has 0 aromatic heterocycles. The summed E-state index contributed by atoms with van der Waals surface area (Å²) < 4.78 is 0. The average Bonchev–Trinajstić information content (AvgIpc) is 2.74. The molecule has 0 unspecified atom stereocenters. The van der Waals surface area contributed by atoms with Gasteiger partial charge in [-0.3, -0.25) is 9.59 Å². The van der Waals surface area contributed by atoms with Gasteiger partial charge in [0.1, 0.15) is 6.04 Å². The molecule has 4 nitrogen and oxygen atoms in total. The van der Waals surface area contributed by atoms with E-state index >= 15 is 0 Å². The van der Waals surface area contributed by atoms with E-state index in [1.54, 1.807) is 42.5 Å². The van der Waals surface area contributed by atoms with Crippen molar-refractivity contribution in [2.45, 2.75) is 19.0 Å². The first-order chi connectivity index (χ1) is 14.0. The van der Waals surface area contributed by atoms with Crippen molar-refractivity contribution < 1.29 is 9.59 Å². The van der Waals surface area contributed by atoms with Crippen molar-refractivity contribution in [2.24, 2.45) is 0 Å². The highest BCUT2D eigenvalue weighted by Crippen LogP contribution is 2.20. The molecule has 29 heavy (non-hydrogen) atoms. The fourth-order valence-electron chi connectivity index (χ4n) is 2.86. The van der Waals surface area contributed by atoms with Gasteiger partial charge in [0.15, 0.2) is 0 Å². The number of hydrogen-bond acceptors (Lipinski definition) is 2. The number of benzene rings is 3. The lowest BCUT2D eigenvalue weighted by Gasteiger charge is -2.19. The van der Waals surface area contributed by atoms with Crippen molar-refractivity contribution in [3.63, 3.8) is 0 Å². The lowest BCUT2D eigenvalue weighted by atomic mass is 10.0. The Morgan fingerprint density at radius 3 is 2.17 bits per heavy atom. The summed E-state index contributed by atoms with van der Waals surface area (Å²) in [4.78, 5) is 25.5. The standard InChI is InChI=1S/C23H20Cl2N2O2/c24-19-12-11-18(20(25)14-19)15-26-23(29)21(13-16-7-3-1-4-8-16)27-22(28)17-9-5-2-6-10-17/h1-12,14,21H,13,15H2,(H,26,29)(H,27,28)/t21-/m0/s1. The second-order valence-corrected chi connectivity index (χ2v) is 7.38. The van der Waals surface area contributed by atoms with Gasteiger partial charge in [-0.05, 0) is 35.4 Å². The highest BCUT2D eigenvalue weighted by molar-refractivity contribution is 6.35. The second kappa shape index (κ2) is 10.1. The highest BCUT2D eigenvalue weighted by atomic mass is 35.5. The van der Waals surface area contributed by atoms with Crippen LogP contribution in [0.2, 0.25) is 10.0 Å². The molecular weight excluding hydrogens is 407 g/mol. The van der Waals surface area contributed by atoms with Crippen LogP contribution in [0.25, 0.3) is 0 Å². The van der Waals surface area contributed by atoms with Crippen molar-refractivity contribution in [1.29, 1.82) is 0 Å². The quantitative estimate of drug-likeness (QED) is 0.577. The topological polar surface area (TPSA) is 58.2 Å². The summed E-state index contributed by atoms with van der Waals surface area (Å²) in [5, 5.41) is 6.70. The lowest BCUT2D eigenvalue weighted by Crippen LogP contribution is -2.47. The van der Waals surface area contributed by atoms with Crippen LogP contribution in [0.3, 0.4) is 0 Å². The van der Waals surface area contributed by atoms with Crippen molar-refractivity contribution in [1.82, 2.24) is 10.6 Å². The third kappa shape index (κ3) is 6.08. The predicted molar refractivity (Wildman–Crippen MR) is 116 cm³/mol. The van der Waals surface area contributed by atoms with Crippen molar-refractivity contribution in [3.8, 4) is 0 Å². The predicted octanol–water partition coefficient (Wildman–Crippen LogP) is 4.65. The molecule has 6 heteroatoms. The molecule has 0 bridgehead atoms. The van der Waals surface area contributed by atoms with Crippen molar-refractivity contribution in [2.75, 3.05) is 0 Å². The zero-order chi connectivity index (χ0) is 20.6. The van der Waals surface area contributed by atoms with Gasteiger partial charge in [-0.1, -0.05) is 77.8 Å². The summed E-state index contributed by atoms with van der Waals surface area (Å²) in [6, 6.07) is 22.7. The normalized spacial score (nSPS) is 11.5. The average molecular weight is 427 g/mol. The Labute approximate surface area is 179 Å². The molecule has 0 aliphatic rings. The molecule has 148 valence electrons. The van der Waals surface area contributed by atoms with Crippen molar-refractivity contribution in [3.05, 3.63) is 106 Å². The van der Waals surface area contributed by atoms with Crippen LogP contribution >= 0.6 is 23.2 Å². The molecule has 2 amide bonds. The lowest BCUT2D eigenvalue weighted by molar-refractivity contribution is -0.123. The Kier molecular flexibility index (Phi) is 7.28. The number of carbonyl (C=O) groups excluding carboxylic acids is 2. The highest BCUT2D eigenvalue weighted by Gasteiger charge is 2.22. The van der Waals surface area contributed by atoms with Gasteiger partial charge in [0.05, 0.1) is 0 Å². The first kappa shape index (κ1) is 20.9. The number of hydrogen-bond donors (Lipinski definition) is 2. The van der Waals surface area contributed by atoms with Gasteiger partial charge >= 0.3 is 0 Å². The van der Waals surface area contributed by atoms with Crippen LogP contribution in [-0.4, -0.2) is 17.9 Å². The maximum absolute atomic E-state index is 12.9. The molecule has 0 aliphatic heterocycles. The third-order valence-corrected chi connectivity index (χ3v) is 5.00. The van der Waals surface area contributed by atoms with Crippen LogP contribution in [0.15, 0.2) is 78.9 Å². The van der Waals surface area contributed by atoms with E-state index in [1.807, 2.05) is 36.4 Å². The van der Waals surface area contributed by atoms with Crippen LogP contribution in [0.1, 0.15) is 21.5 Å². The fraction of sp³-hybridized carbons (Fsp3) is 0.130. The molecule has 3 rings (SSSR count). The maximum atomic E-state index is 12.9. The molecule has 2 N–H and O–H groups in total. The van der Waals surface area contributed by atoms with Crippen LogP contribution < -0.4 is 10.6 Å². The Balaban J connectivity index is 1.72. The van der Waals surface area contributed by atoms with Gasteiger partial charge in [-0.25, -0.2) is 0 Å². The number of carbonyl (C=O) groups is 2. The van der Waals surface area contributed by atoms with E-state index in [-0.39, 0.29) is 18.4 Å². The van der Waals surface area contributed by atoms with Crippen LogP contribution in [0.4, 0.5) is 0 Å². The molecule has 0 radical (unpaired) electrons. The van der Waals surface area contributed by atoms with Gasteiger partial charge in [0.2, 0.25) is 5.91 Å². The van der Waals surface area contributed by atoms with E-state index in [0.29, 0.717) is 22.0 Å². The van der Waals surface area contributed by atoms with E-state index in [9.17, 15) is 9.59 Å². The third-order valence-electron chi connectivity index (χ3n) is 4.41. The Morgan fingerprint density at radius 1 is 0.862 bits per heavy atom. The number of nitrogens with one attached hydrogen (secondary N) is 2. The summed E-state index contributed by atoms with van der Waals surface area (Å²) in [6.07, 6.45) is 0.375. The SMILES string of the molecule is O=C(N[C@@H](Cc1ccccc1)C(=O)NCc1ccc(Cl)cc1Cl)c1ccccc1. The van der Waals surface area contributed by atoms with Gasteiger partial charge in [0.25, 0.3) is 5.91 Å². The number of halogens is 2. The molecule has 3 aromatic carbocycles. The minimum atomic E-state index is -0.726. The summed E-state index contributed by atoms with van der Waals surface area (Å²) in [6.45, 7) is 0.237. The van der Waals surface area contributed by atoms with E-state index in [0.717, 1.165) is 11.1 Å². The van der Waals surface area contributed by atoms with E-state index in [2.05, 4.69) is 10.6 Å². The molecule has 0 aliphatic carbocycles. The van der Waals surface area contributed by atoms with Gasteiger partial charge in [-0.2, -0.15) is 0 Å². The molecule has 3 aromatic rings. The Bertz CT molecular complexity index is 979. The number of amides is 2. The molecule has 0 spiro atoms. The largest absolute Gasteiger partial charge is 0.350 e.